The molecule has 0 saturated carbocycles. The lowest BCUT2D eigenvalue weighted by atomic mass is 10.2. The second-order valence-electron chi connectivity index (χ2n) is 6.87. The zero-order valence-electron chi connectivity index (χ0n) is 17.1. The first-order valence-electron chi connectivity index (χ1n) is 9.66. The highest BCUT2D eigenvalue weighted by molar-refractivity contribution is 5.60. The molecular formula is C22H25N5O3. The highest BCUT2D eigenvalue weighted by Gasteiger charge is 2.13. The van der Waals surface area contributed by atoms with Gasteiger partial charge in [0.25, 0.3) is 5.69 Å². The van der Waals surface area contributed by atoms with E-state index in [1.807, 2.05) is 43.3 Å². The molecule has 0 bridgehead atoms. The molecule has 0 fully saturated rings. The number of benzene rings is 1. The number of methoxy groups -OCH3 is 1. The summed E-state index contributed by atoms with van der Waals surface area (Å²) in [6.45, 7) is 4.72. The Bertz CT molecular complexity index is 982. The molecule has 0 atom stereocenters. The van der Waals surface area contributed by atoms with Crippen LogP contribution in [-0.4, -0.2) is 40.0 Å². The molecule has 0 radical (unpaired) electrons. The molecule has 3 aromatic rings. The van der Waals surface area contributed by atoms with Gasteiger partial charge in [0.15, 0.2) is 0 Å². The molecule has 2 aromatic heterocycles. The number of nitrogens with zero attached hydrogens (tertiary/aromatic N) is 4. The number of aryl methyl sites for hydroxylation is 1. The van der Waals surface area contributed by atoms with E-state index < -0.39 is 4.92 Å². The maximum Gasteiger partial charge on any atom is 0.273 e. The Hall–Kier alpha value is -3.52. The van der Waals surface area contributed by atoms with Crippen molar-refractivity contribution in [3.63, 3.8) is 0 Å². The third-order valence-corrected chi connectivity index (χ3v) is 4.58. The van der Waals surface area contributed by atoms with Crippen molar-refractivity contribution in [1.82, 2.24) is 14.9 Å². The average Bonchev–Trinajstić information content (AvgIpc) is 2.74. The van der Waals surface area contributed by atoms with E-state index in [9.17, 15) is 10.1 Å². The Morgan fingerprint density at radius 3 is 2.60 bits per heavy atom. The van der Waals surface area contributed by atoms with E-state index in [2.05, 4.69) is 20.2 Å². The molecule has 0 aliphatic rings. The summed E-state index contributed by atoms with van der Waals surface area (Å²) in [4.78, 5) is 21.8. The maximum absolute atomic E-state index is 11.0. The molecule has 1 N–H and O–H groups in total. The van der Waals surface area contributed by atoms with Crippen LogP contribution in [0.3, 0.4) is 0 Å². The van der Waals surface area contributed by atoms with E-state index in [1.165, 1.54) is 19.2 Å². The highest BCUT2D eigenvalue weighted by atomic mass is 16.6. The number of nitrogens with one attached hydrogen (secondary N) is 1. The number of aromatic nitrogens is 2. The van der Waals surface area contributed by atoms with Gasteiger partial charge in [0.1, 0.15) is 5.75 Å². The molecule has 156 valence electrons. The second kappa shape index (κ2) is 10.3. The van der Waals surface area contributed by atoms with E-state index in [0.29, 0.717) is 25.4 Å². The molecule has 0 aliphatic carbocycles. The number of hydrogen-bond donors (Lipinski definition) is 1. The molecule has 30 heavy (non-hydrogen) atoms. The summed E-state index contributed by atoms with van der Waals surface area (Å²) < 4.78 is 5.30. The minimum absolute atomic E-state index is 0.000277. The van der Waals surface area contributed by atoms with Crippen molar-refractivity contribution < 1.29 is 9.66 Å². The maximum atomic E-state index is 11.0. The number of non-ortho nitro benzene ring substituents is 1. The fraction of sp³-hybridized carbons (Fsp3) is 0.273. The molecule has 8 nitrogen and oxygen atoms in total. The fourth-order valence-electron chi connectivity index (χ4n) is 3.14. The predicted octanol–water partition coefficient (Wildman–Crippen LogP) is 3.82. The summed E-state index contributed by atoms with van der Waals surface area (Å²) in [6, 6.07) is 16.4. The number of nitro groups is 1. The van der Waals surface area contributed by atoms with E-state index in [4.69, 9.17) is 4.74 Å². The second-order valence-corrected chi connectivity index (χ2v) is 6.87. The standard InChI is InChI=1S/C22H25N5O3/c1-17-6-5-8-19(25-17)16-26(15-18-7-3-4-11-23-18)13-12-24-21-10-9-20(27(28)29)14-22(21)30-2/h3-11,14,24H,12-13,15-16H2,1-2H3. The van der Waals surface area contributed by atoms with Gasteiger partial charge in [-0.25, -0.2) is 0 Å². The number of pyridine rings is 2. The van der Waals surface area contributed by atoms with Crippen LogP contribution < -0.4 is 10.1 Å². The van der Waals surface area contributed by atoms with E-state index in [1.54, 1.807) is 12.3 Å². The monoisotopic (exact) mass is 407 g/mol. The summed E-state index contributed by atoms with van der Waals surface area (Å²) in [7, 11) is 1.50. The first kappa shape index (κ1) is 21.2. The van der Waals surface area contributed by atoms with Gasteiger partial charge in [-0.3, -0.25) is 25.0 Å². The third-order valence-electron chi connectivity index (χ3n) is 4.58. The zero-order valence-corrected chi connectivity index (χ0v) is 17.1. The normalized spacial score (nSPS) is 10.8. The fourth-order valence-corrected chi connectivity index (χ4v) is 3.14. The number of rotatable bonds is 10. The highest BCUT2D eigenvalue weighted by Crippen LogP contribution is 2.28. The Morgan fingerprint density at radius 1 is 1.10 bits per heavy atom. The van der Waals surface area contributed by atoms with Crippen molar-refractivity contribution in [2.24, 2.45) is 0 Å². The molecule has 0 spiro atoms. The van der Waals surface area contributed by atoms with Crippen LogP contribution in [0.2, 0.25) is 0 Å². The lowest BCUT2D eigenvalue weighted by Crippen LogP contribution is -2.29. The van der Waals surface area contributed by atoms with Gasteiger partial charge in [0.05, 0.1) is 35.2 Å². The van der Waals surface area contributed by atoms with Crippen molar-refractivity contribution >= 4 is 11.4 Å². The van der Waals surface area contributed by atoms with E-state index in [-0.39, 0.29) is 5.69 Å². The van der Waals surface area contributed by atoms with Crippen LogP contribution in [-0.2, 0) is 13.1 Å². The van der Waals surface area contributed by atoms with E-state index >= 15 is 0 Å². The lowest BCUT2D eigenvalue weighted by Gasteiger charge is -2.22. The van der Waals surface area contributed by atoms with Gasteiger partial charge in [-0.2, -0.15) is 0 Å². The molecule has 8 heteroatoms. The Labute approximate surface area is 175 Å². The van der Waals surface area contributed by atoms with Crippen molar-refractivity contribution in [2.75, 3.05) is 25.5 Å². The number of anilines is 1. The Kier molecular flexibility index (Phi) is 7.29. The molecule has 0 amide bonds. The molecule has 0 aliphatic heterocycles. The lowest BCUT2D eigenvalue weighted by molar-refractivity contribution is -0.384. The molecule has 2 heterocycles. The van der Waals surface area contributed by atoms with Crippen molar-refractivity contribution in [1.29, 1.82) is 0 Å². The van der Waals surface area contributed by atoms with Crippen LogP contribution in [0, 0.1) is 17.0 Å². The minimum atomic E-state index is -0.435. The summed E-state index contributed by atoms with van der Waals surface area (Å²) in [6.07, 6.45) is 1.79. The zero-order chi connectivity index (χ0) is 21.3. The number of hydrogen-bond acceptors (Lipinski definition) is 7. The van der Waals surface area contributed by atoms with Gasteiger partial charge in [-0.1, -0.05) is 12.1 Å². The van der Waals surface area contributed by atoms with Crippen LogP contribution in [0.15, 0.2) is 60.8 Å². The summed E-state index contributed by atoms with van der Waals surface area (Å²) in [5, 5.41) is 14.3. The van der Waals surface area contributed by atoms with Crippen molar-refractivity contribution in [3.8, 4) is 5.75 Å². The van der Waals surface area contributed by atoms with Gasteiger partial charge < -0.3 is 10.1 Å². The van der Waals surface area contributed by atoms with E-state index in [0.717, 1.165) is 29.3 Å². The number of nitro benzene ring substituents is 1. The SMILES string of the molecule is COc1cc([N+](=O)[O-])ccc1NCCN(Cc1ccccn1)Cc1cccc(C)n1. The van der Waals surface area contributed by atoms with Crippen LogP contribution >= 0.6 is 0 Å². The molecular weight excluding hydrogens is 382 g/mol. The average molecular weight is 407 g/mol. The van der Waals surface area contributed by atoms with Gasteiger partial charge in [0, 0.05) is 44.1 Å². The summed E-state index contributed by atoms with van der Waals surface area (Å²) >= 11 is 0. The summed E-state index contributed by atoms with van der Waals surface area (Å²) in [5.74, 6) is 0.445. The third kappa shape index (κ3) is 5.99. The molecule has 0 unspecified atom stereocenters. The van der Waals surface area contributed by atoms with Gasteiger partial charge in [-0.05, 0) is 37.3 Å². The van der Waals surface area contributed by atoms with Crippen molar-refractivity contribution in [2.45, 2.75) is 20.0 Å². The molecule has 1 aromatic carbocycles. The molecule has 0 saturated heterocycles. The first-order valence-corrected chi connectivity index (χ1v) is 9.66. The van der Waals surface area contributed by atoms with Crippen LogP contribution in [0.4, 0.5) is 11.4 Å². The predicted molar refractivity (Wildman–Crippen MR) is 115 cm³/mol. The largest absolute Gasteiger partial charge is 0.494 e. The summed E-state index contributed by atoms with van der Waals surface area (Å²) in [5.41, 5.74) is 3.69. The molecule has 3 rings (SSSR count). The van der Waals surface area contributed by atoms with Crippen LogP contribution in [0.5, 0.6) is 5.75 Å². The topological polar surface area (TPSA) is 93.4 Å². The van der Waals surface area contributed by atoms with Gasteiger partial charge >= 0.3 is 0 Å². The van der Waals surface area contributed by atoms with Crippen LogP contribution in [0.1, 0.15) is 17.1 Å². The minimum Gasteiger partial charge on any atom is -0.494 e. The van der Waals surface area contributed by atoms with Gasteiger partial charge in [-0.15, -0.1) is 0 Å². The Morgan fingerprint density at radius 2 is 1.90 bits per heavy atom. The Balaban J connectivity index is 1.67. The quantitative estimate of drug-likeness (QED) is 0.403. The smallest absolute Gasteiger partial charge is 0.273 e. The first-order chi connectivity index (χ1) is 14.5. The van der Waals surface area contributed by atoms with Crippen LogP contribution in [0.25, 0.3) is 0 Å². The van der Waals surface area contributed by atoms with Gasteiger partial charge in [0.2, 0.25) is 0 Å². The van der Waals surface area contributed by atoms with Crippen molar-refractivity contribution in [3.05, 3.63) is 88.0 Å². The number of ether oxygens (including phenoxy) is 1.